The Morgan fingerprint density at radius 1 is 1.40 bits per heavy atom. The molecule has 0 saturated carbocycles. The minimum absolute atomic E-state index is 0.0197. The lowest BCUT2D eigenvalue weighted by Gasteiger charge is -2.07. The van der Waals surface area contributed by atoms with Crippen molar-refractivity contribution in [2.75, 3.05) is 7.11 Å². The number of aromatic carboxylic acids is 1. The molecule has 20 heavy (non-hydrogen) atoms. The Kier molecular flexibility index (Phi) is 3.74. The van der Waals surface area contributed by atoms with Crippen LogP contribution in [0.4, 0.5) is 4.39 Å². The van der Waals surface area contributed by atoms with Gasteiger partial charge in [-0.15, -0.1) is 0 Å². The van der Waals surface area contributed by atoms with Crippen LogP contribution in [0.15, 0.2) is 24.3 Å². The maximum absolute atomic E-state index is 13.9. The van der Waals surface area contributed by atoms with E-state index in [2.05, 4.69) is 5.10 Å². The van der Waals surface area contributed by atoms with Gasteiger partial charge in [-0.2, -0.15) is 9.78 Å². The van der Waals surface area contributed by atoms with E-state index in [1.807, 2.05) is 13.8 Å². The maximum atomic E-state index is 13.9. The summed E-state index contributed by atoms with van der Waals surface area (Å²) in [4.78, 5) is 11.4. The van der Waals surface area contributed by atoms with E-state index in [9.17, 15) is 14.3 Å². The van der Waals surface area contributed by atoms with Crippen molar-refractivity contribution in [1.82, 2.24) is 9.78 Å². The summed E-state index contributed by atoms with van der Waals surface area (Å²) in [6.07, 6.45) is 0. The van der Waals surface area contributed by atoms with E-state index < -0.39 is 11.8 Å². The molecule has 0 atom stereocenters. The van der Waals surface area contributed by atoms with Gasteiger partial charge in [0.25, 0.3) is 0 Å². The third kappa shape index (κ3) is 2.24. The van der Waals surface area contributed by atoms with Crippen molar-refractivity contribution in [1.29, 1.82) is 0 Å². The number of hydrogen-bond acceptors (Lipinski definition) is 3. The molecule has 106 valence electrons. The summed E-state index contributed by atoms with van der Waals surface area (Å²) in [7, 11) is 1.34. The first-order chi connectivity index (χ1) is 9.47. The minimum atomic E-state index is -1.15. The number of benzene rings is 1. The molecule has 0 unspecified atom stereocenters. The molecule has 1 aromatic carbocycles. The van der Waals surface area contributed by atoms with Crippen molar-refractivity contribution in [2.45, 2.75) is 19.8 Å². The lowest BCUT2D eigenvalue weighted by molar-refractivity contribution is 0.0691. The van der Waals surface area contributed by atoms with Crippen molar-refractivity contribution in [3.8, 4) is 11.6 Å². The summed E-state index contributed by atoms with van der Waals surface area (Å²) in [5.41, 5.74) is 0.474. The normalized spacial score (nSPS) is 10.8. The highest BCUT2D eigenvalue weighted by atomic mass is 19.1. The highest BCUT2D eigenvalue weighted by Crippen LogP contribution is 2.30. The van der Waals surface area contributed by atoms with Crippen LogP contribution in [0.2, 0.25) is 0 Å². The van der Waals surface area contributed by atoms with Gasteiger partial charge in [-0.05, 0) is 18.1 Å². The zero-order valence-corrected chi connectivity index (χ0v) is 11.4. The summed E-state index contributed by atoms with van der Waals surface area (Å²) < 4.78 is 20.2. The number of aromatic nitrogens is 2. The Hall–Kier alpha value is -2.37. The largest absolute Gasteiger partial charge is 0.480 e. The van der Waals surface area contributed by atoms with Gasteiger partial charge in [-0.3, -0.25) is 0 Å². The monoisotopic (exact) mass is 278 g/mol. The molecule has 2 aromatic rings. The van der Waals surface area contributed by atoms with Crippen molar-refractivity contribution in [3.63, 3.8) is 0 Å². The van der Waals surface area contributed by atoms with Gasteiger partial charge >= 0.3 is 5.97 Å². The summed E-state index contributed by atoms with van der Waals surface area (Å²) in [5.74, 6) is -1.75. The second-order valence-electron chi connectivity index (χ2n) is 4.59. The van der Waals surface area contributed by atoms with E-state index >= 15 is 0 Å². The zero-order chi connectivity index (χ0) is 14.9. The van der Waals surface area contributed by atoms with Crippen LogP contribution in [0.1, 0.15) is 35.8 Å². The number of para-hydroxylation sites is 1. The zero-order valence-electron chi connectivity index (χ0n) is 11.4. The first-order valence-corrected chi connectivity index (χ1v) is 6.12. The molecular weight excluding hydrogens is 263 g/mol. The van der Waals surface area contributed by atoms with Gasteiger partial charge in [0.1, 0.15) is 17.1 Å². The predicted octanol–water partition coefficient (Wildman–Crippen LogP) is 2.84. The number of carboxylic acid groups (broad SMARTS) is 1. The lowest BCUT2D eigenvalue weighted by atomic mass is 10.1. The average Bonchev–Trinajstić information content (AvgIpc) is 2.78. The van der Waals surface area contributed by atoms with Crippen LogP contribution in [0.3, 0.4) is 0 Å². The van der Waals surface area contributed by atoms with E-state index in [-0.39, 0.29) is 23.0 Å². The first kappa shape index (κ1) is 14.0. The van der Waals surface area contributed by atoms with Crippen molar-refractivity contribution >= 4 is 5.97 Å². The Balaban J connectivity index is 2.75. The molecule has 0 amide bonds. The first-order valence-electron chi connectivity index (χ1n) is 6.12. The maximum Gasteiger partial charge on any atom is 0.343 e. The molecule has 0 fully saturated rings. The number of carbonyl (C=O) groups is 1. The van der Waals surface area contributed by atoms with Crippen LogP contribution in [-0.2, 0) is 0 Å². The standard InChI is InChI=1S/C14H15FN2O3/c1-8(2)12-11(14(18)19)13(20-3)17(16-12)10-7-5-4-6-9(10)15/h4-8H,1-3H3,(H,18,19). The Labute approximate surface area is 115 Å². The molecule has 2 rings (SSSR count). The molecule has 1 N–H and O–H groups in total. The fourth-order valence-electron chi connectivity index (χ4n) is 2.00. The number of hydrogen-bond donors (Lipinski definition) is 1. The number of ether oxygens (including phenoxy) is 1. The number of nitrogens with zero attached hydrogens (tertiary/aromatic N) is 2. The van der Waals surface area contributed by atoms with Gasteiger partial charge in [0.2, 0.25) is 5.88 Å². The van der Waals surface area contributed by atoms with Gasteiger partial charge in [0.15, 0.2) is 0 Å². The molecule has 0 bridgehead atoms. The fraction of sp³-hybridized carbons (Fsp3) is 0.286. The second-order valence-corrected chi connectivity index (χ2v) is 4.59. The quantitative estimate of drug-likeness (QED) is 0.934. The number of halogens is 1. The van der Waals surface area contributed by atoms with E-state index in [1.54, 1.807) is 12.1 Å². The third-order valence-electron chi connectivity index (χ3n) is 2.90. The van der Waals surface area contributed by atoms with E-state index in [4.69, 9.17) is 4.74 Å². The lowest BCUT2D eigenvalue weighted by Crippen LogP contribution is -2.05. The van der Waals surface area contributed by atoms with Gasteiger partial charge in [0, 0.05) is 0 Å². The molecule has 0 saturated heterocycles. The van der Waals surface area contributed by atoms with Gasteiger partial charge in [0.05, 0.1) is 12.8 Å². The van der Waals surface area contributed by atoms with Crippen LogP contribution in [0.25, 0.3) is 5.69 Å². The van der Waals surface area contributed by atoms with E-state index in [0.717, 1.165) is 0 Å². The van der Waals surface area contributed by atoms with Crippen LogP contribution in [0, 0.1) is 5.82 Å². The highest BCUT2D eigenvalue weighted by Gasteiger charge is 2.27. The van der Waals surface area contributed by atoms with Crippen molar-refractivity contribution < 1.29 is 19.0 Å². The SMILES string of the molecule is COc1c(C(=O)O)c(C(C)C)nn1-c1ccccc1F. The summed E-state index contributed by atoms with van der Waals surface area (Å²) in [5, 5.41) is 13.5. The predicted molar refractivity (Wildman–Crippen MR) is 71.1 cm³/mol. The van der Waals surface area contributed by atoms with Crippen LogP contribution >= 0.6 is 0 Å². The van der Waals surface area contributed by atoms with Gasteiger partial charge in [-0.25, -0.2) is 9.18 Å². The summed E-state index contributed by atoms with van der Waals surface area (Å²) in [6, 6.07) is 6.00. The topological polar surface area (TPSA) is 64.3 Å². The van der Waals surface area contributed by atoms with E-state index in [0.29, 0.717) is 5.69 Å². The molecule has 0 aliphatic carbocycles. The van der Waals surface area contributed by atoms with Crippen molar-refractivity contribution in [3.05, 3.63) is 41.3 Å². The molecule has 6 heteroatoms. The molecule has 0 spiro atoms. The Morgan fingerprint density at radius 3 is 2.55 bits per heavy atom. The molecule has 1 heterocycles. The van der Waals surface area contributed by atoms with Gasteiger partial charge in [-0.1, -0.05) is 26.0 Å². The Bertz CT molecular complexity index is 650. The van der Waals surface area contributed by atoms with E-state index in [1.165, 1.54) is 23.9 Å². The molecule has 0 aliphatic heterocycles. The number of methoxy groups -OCH3 is 1. The Morgan fingerprint density at radius 2 is 2.05 bits per heavy atom. The molecular formula is C14H15FN2O3. The summed E-state index contributed by atoms with van der Waals surface area (Å²) in [6.45, 7) is 3.64. The smallest absolute Gasteiger partial charge is 0.343 e. The minimum Gasteiger partial charge on any atom is -0.480 e. The summed E-state index contributed by atoms with van der Waals surface area (Å²) >= 11 is 0. The number of carboxylic acids is 1. The molecule has 0 aliphatic rings. The number of rotatable bonds is 4. The molecule has 0 radical (unpaired) electrons. The fourth-order valence-corrected chi connectivity index (χ4v) is 2.00. The van der Waals surface area contributed by atoms with Crippen molar-refractivity contribution in [2.24, 2.45) is 0 Å². The highest BCUT2D eigenvalue weighted by molar-refractivity contribution is 5.92. The molecule has 1 aromatic heterocycles. The van der Waals surface area contributed by atoms with Crippen LogP contribution in [0.5, 0.6) is 5.88 Å². The van der Waals surface area contributed by atoms with Crippen LogP contribution in [-0.4, -0.2) is 28.0 Å². The van der Waals surface area contributed by atoms with Gasteiger partial charge < -0.3 is 9.84 Å². The third-order valence-corrected chi connectivity index (χ3v) is 2.90. The van der Waals surface area contributed by atoms with Crippen LogP contribution < -0.4 is 4.74 Å². The molecule has 5 nitrogen and oxygen atoms in total. The second kappa shape index (κ2) is 5.32. The average molecular weight is 278 g/mol.